The first-order valence-electron chi connectivity index (χ1n) is 7.74. The first-order valence-corrected chi connectivity index (χ1v) is 7.74. The fourth-order valence-corrected chi connectivity index (χ4v) is 2.34. The highest BCUT2D eigenvalue weighted by Crippen LogP contribution is 2.20. The number of hydrogen-bond acceptors (Lipinski definition) is 4. The van der Waals surface area contributed by atoms with Gasteiger partial charge in [-0.3, -0.25) is 0 Å². The number of halogens is 4. The van der Waals surface area contributed by atoms with Gasteiger partial charge in [0.25, 0.3) is 0 Å². The standard InChI is InChI=1S/C15H21F3N4O2.HI/c1-2-19-14(22-7-5-12(23)9-22)21-8-11-4-3-6-20-13(11)24-10-15(16,17)18;/h3-4,6,12,23H,2,5,7-10H2,1H3,(H,19,21);1H/t12-;/m1./s1. The van der Waals surface area contributed by atoms with E-state index in [0.717, 1.165) is 0 Å². The van der Waals surface area contributed by atoms with Crippen LogP contribution >= 0.6 is 24.0 Å². The lowest BCUT2D eigenvalue weighted by Crippen LogP contribution is -2.40. The zero-order chi connectivity index (χ0) is 17.6. The molecule has 2 rings (SSSR count). The second-order valence-electron chi connectivity index (χ2n) is 5.43. The van der Waals surface area contributed by atoms with E-state index in [1.165, 1.54) is 6.20 Å². The zero-order valence-electron chi connectivity index (χ0n) is 13.8. The summed E-state index contributed by atoms with van der Waals surface area (Å²) in [6.45, 7) is 2.47. The largest absolute Gasteiger partial charge is 0.468 e. The van der Waals surface area contributed by atoms with Crippen LogP contribution in [0.15, 0.2) is 23.3 Å². The third kappa shape index (κ3) is 7.22. The number of guanidine groups is 1. The lowest BCUT2D eigenvalue weighted by molar-refractivity contribution is -0.154. The summed E-state index contributed by atoms with van der Waals surface area (Å²) in [5, 5.41) is 12.7. The molecule has 6 nitrogen and oxygen atoms in total. The third-order valence-electron chi connectivity index (χ3n) is 3.42. The van der Waals surface area contributed by atoms with Crippen molar-refractivity contribution in [3.05, 3.63) is 23.9 Å². The van der Waals surface area contributed by atoms with E-state index in [9.17, 15) is 18.3 Å². The summed E-state index contributed by atoms with van der Waals surface area (Å²) >= 11 is 0. The van der Waals surface area contributed by atoms with Crippen molar-refractivity contribution in [1.29, 1.82) is 0 Å². The van der Waals surface area contributed by atoms with Gasteiger partial charge in [0.15, 0.2) is 12.6 Å². The molecular formula is C15H22F3IN4O2. The molecule has 1 aliphatic rings. The van der Waals surface area contributed by atoms with Crippen LogP contribution in [0.25, 0.3) is 0 Å². The van der Waals surface area contributed by atoms with Gasteiger partial charge in [-0.05, 0) is 19.4 Å². The van der Waals surface area contributed by atoms with Crippen LogP contribution in [0.4, 0.5) is 13.2 Å². The number of alkyl halides is 3. The fraction of sp³-hybridized carbons (Fsp3) is 0.600. The lowest BCUT2D eigenvalue weighted by atomic mass is 10.3. The monoisotopic (exact) mass is 474 g/mol. The normalized spacial score (nSPS) is 18.0. The maximum Gasteiger partial charge on any atom is 0.422 e. The van der Waals surface area contributed by atoms with Crippen LogP contribution in [0.5, 0.6) is 5.88 Å². The Morgan fingerprint density at radius 3 is 2.88 bits per heavy atom. The van der Waals surface area contributed by atoms with Gasteiger partial charge in [-0.2, -0.15) is 13.2 Å². The van der Waals surface area contributed by atoms with Crippen LogP contribution < -0.4 is 10.1 Å². The van der Waals surface area contributed by atoms with Gasteiger partial charge in [-0.15, -0.1) is 24.0 Å². The summed E-state index contributed by atoms with van der Waals surface area (Å²) in [5.74, 6) is 0.538. The number of aliphatic hydroxyl groups excluding tert-OH is 1. The zero-order valence-corrected chi connectivity index (χ0v) is 16.1. The van der Waals surface area contributed by atoms with Crippen molar-refractivity contribution in [1.82, 2.24) is 15.2 Å². The number of pyridine rings is 1. The highest BCUT2D eigenvalue weighted by Gasteiger charge is 2.29. The highest BCUT2D eigenvalue weighted by molar-refractivity contribution is 14.0. The number of aliphatic imine (C=N–C) groups is 1. The molecule has 0 radical (unpaired) electrons. The number of hydrogen-bond donors (Lipinski definition) is 2. The molecule has 0 bridgehead atoms. The topological polar surface area (TPSA) is 70.0 Å². The number of nitrogens with one attached hydrogen (secondary N) is 1. The number of aromatic nitrogens is 1. The molecule has 142 valence electrons. The van der Waals surface area contributed by atoms with E-state index < -0.39 is 18.9 Å². The number of ether oxygens (including phenoxy) is 1. The minimum absolute atomic E-state index is 0. The van der Waals surface area contributed by atoms with Gasteiger partial charge in [0.05, 0.1) is 12.6 Å². The van der Waals surface area contributed by atoms with Gasteiger partial charge >= 0.3 is 6.18 Å². The summed E-state index contributed by atoms with van der Waals surface area (Å²) in [6.07, 6.45) is -2.77. The molecule has 0 aromatic carbocycles. The van der Waals surface area contributed by atoms with Gasteiger partial charge in [0.1, 0.15) is 0 Å². The highest BCUT2D eigenvalue weighted by atomic mass is 127. The van der Waals surface area contributed by atoms with Crippen molar-refractivity contribution in [2.24, 2.45) is 4.99 Å². The maximum absolute atomic E-state index is 12.3. The Hall–Kier alpha value is -1.30. The number of nitrogens with zero attached hydrogens (tertiary/aromatic N) is 3. The van der Waals surface area contributed by atoms with Crippen LogP contribution in [0.1, 0.15) is 18.9 Å². The molecule has 10 heteroatoms. The average Bonchev–Trinajstić information content (AvgIpc) is 2.96. The molecule has 1 aliphatic heterocycles. The summed E-state index contributed by atoms with van der Waals surface area (Å²) in [7, 11) is 0. The molecular weight excluding hydrogens is 452 g/mol. The van der Waals surface area contributed by atoms with Crippen molar-refractivity contribution in [2.45, 2.75) is 32.2 Å². The number of rotatable bonds is 5. The van der Waals surface area contributed by atoms with Gasteiger partial charge in [-0.1, -0.05) is 6.07 Å². The first kappa shape index (κ1) is 21.7. The quantitative estimate of drug-likeness (QED) is 0.389. The molecule has 1 atom stereocenters. The molecule has 0 aliphatic carbocycles. The van der Waals surface area contributed by atoms with E-state index in [-0.39, 0.29) is 36.4 Å². The van der Waals surface area contributed by atoms with Gasteiger partial charge in [0.2, 0.25) is 5.88 Å². The van der Waals surface area contributed by atoms with Crippen LogP contribution in [-0.4, -0.2) is 59.5 Å². The summed E-state index contributed by atoms with van der Waals surface area (Å²) in [5.41, 5.74) is 0.469. The van der Waals surface area contributed by atoms with Crippen molar-refractivity contribution >= 4 is 29.9 Å². The summed E-state index contributed by atoms with van der Waals surface area (Å²) in [6, 6.07) is 3.25. The summed E-state index contributed by atoms with van der Waals surface area (Å²) in [4.78, 5) is 10.2. The molecule has 1 aromatic heterocycles. The van der Waals surface area contributed by atoms with E-state index in [0.29, 0.717) is 37.6 Å². The minimum Gasteiger partial charge on any atom is -0.468 e. The second kappa shape index (κ2) is 10.00. The van der Waals surface area contributed by atoms with Crippen molar-refractivity contribution in [3.8, 4) is 5.88 Å². The predicted octanol–water partition coefficient (Wildman–Crippen LogP) is 2.17. The molecule has 0 spiro atoms. The molecule has 2 heterocycles. The maximum atomic E-state index is 12.3. The lowest BCUT2D eigenvalue weighted by Gasteiger charge is -2.21. The van der Waals surface area contributed by atoms with Crippen LogP contribution in [0, 0.1) is 0 Å². The fourth-order valence-electron chi connectivity index (χ4n) is 2.34. The second-order valence-corrected chi connectivity index (χ2v) is 5.43. The Bertz CT molecular complexity index is 572. The van der Waals surface area contributed by atoms with E-state index in [1.54, 1.807) is 12.1 Å². The van der Waals surface area contributed by atoms with E-state index in [4.69, 9.17) is 4.74 Å². The smallest absolute Gasteiger partial charge is 0.422 e. The Balaban J connectivity index is 0.00000312. The molecule has 0 amide bonds. The Labute approximate surface area is 161 Å². The average molecular weight is 474 g/mol. The Kier molecular flexibility index (Phi) is 8.69. The molecule has 1 fully saturated rings. The third-order valence-corrected chi connectivity index (χ3v) is 3.42. The van der Waals surface area contributed by atoms with E-state index in [1.807, 2.05) is 11.8 Å². The van der Waals surface area contributed by atoms with Gasteiger partial charge in [-0.25, -0.2) is 9.98 Å². The number of β-amino-alcohol motifs (C(OH)–C–C–N with tert-alkyl or cyclic N) is 1. The van der Waals surface area contributed by atoms with E-state index in [2.05, 4.69) is 15.3 Å². The van der Waals surface area contributed by atoms with Gasteiger partial charge < -0.3 is 20.1 Å². The predicted molar refractivity (Wildman–Crippen MR) is 98.2 cm³/mol. The molecule has 0 saturated carbocycles. The van der Waals surface area contributed by atoms with Crippen molar-refractivity contribution in [3.63, 3.8) is 0 Å². The molecule has 2 N–H and O–H groups in total. The Morgan fingerprint density at radius 1 is 1.52 bits per heavy atom. The van der Waals surface area contributed by atoms with Crippen molar-refractivity contribution in [2.75, 3.05) is 26.2 Å². The number of aliphatic hydroxyl groups is 1. The molecule has 1 aromatic rings. The van der Waals surface area contributed by atoms with Gasteiger partial charge in [0, 0.05) is 31.4 Å². The van der Waals surface area contributed by atoms with Crippen LogP contribution in [0.3, 0.4) is 0 Å². The van der Waals surface area contributed by atoms with Crippen LogP contribution in [-0.2, 0) is 6.54 Å². The minimum atomic E-state index is -4.42. The van der Waals surface area contributed by atoms with Crippen LogP contribution in [0.2, 0.25) is 0 Å². The molecule has 0 unspecified atom stereocenters. The molecule has 1 saturated heterocycles. The van der Waals surface area contributed by atoms with E-state index >= 15 is 0 Å². The molecule has 25 heavy (non-hydrogen) atoms. The summed E-state index contributed by atoms with van der Waals surface area (Å²) < 4.78 is 41.7. The SMILES string of the molecule is CCNC(=NCc1cccnc1OCC(F)(F)F)N1CC[C@@H](O)C1.I. The first-order chi connectivity index (χ1) is 11.4. The number of likely N-dealkylation sites (tertiary alicyclic amines) is 1. The van der Waals surface area contributed by atoms with Crippen molar-refractivity contribution < 1.29 is 23.0 Å². The Morgan fingerprint density at radius 2 is 2.28 bits per heavy atom.